The Bertz CT molecular complexity index is 495. The molecule has 1 aromatic rings. The van der Waals surface area contributed by atoms with Gasteiger partial charge in [-0.05, 0) is 11.6 Å². The number of benzene rings is 1. The Morgan fingerprint density at radius 3 is 2.50 bits per heavy atom. The van der Waals surface area contributed by atoms with Gasteiger partial charge in [0.25, 0.3) is 5.69 Å². The van der Waals surface area contributed by atoms with Gasteiger partial charge in [-0.2, -0.15) is 13.2 Å². The third kappa shape index (κ3) is 3.41. The lowest BCUT2D eigenvalue weighted by Crippen LogP contribution is -2.08. The molecule has 0 atom stereocenters. The Hall–Kier alpha value is -2.18. The maximum Gasteiger partial charge on any atom is 0.422 e. The van der Waals surface area contributed by atoms with Crippen molar-refractivity contribution < 1.29 is 22.9 Å². The SMILES string of the molecule is O=CCC=Cc1ccc(C(F)(F)F)c([N+](=O)[O-])c1. The van der Waals surface area contributed by atoms with Gasteiger partial charge in [0.2, 0.25) is 0 Å². The molecule has 0 aliphatic carbocycles. The first-order valence-electron chi connectivity index (χ1n) is 4.82. The number of carbonyl (C=O) groups excluding carboxylic acids is 1. The van der Waals surface area contributed by atoms with Crippen molar-refractivity contribution in [3.63, 3.8) is 0 Å². The van der Waals surface area contributed by atoms with E-state index in [9.17, 15) is 28.1 Å². The number of allylic oxidation sites excluding steroid dienone is 1. The highest BCUT2D eigenvalue weighted by atomic mass is 19.4. The van der Waals surface area contributed by atoms with Gasteiger partial charge < -0.3 is 4.79 Å². The van der Waals surface area contributed by atoms with Gasteiger partial charge in [-0.1, -0.05) is 18.2 Å². The van der Waals surface area contributed by atoms with Crippen LogP contribution in [0.1, 0.15) is 17.5 Å². The number of hydrogen-bond donors (Lipinski definition) is 0. The smallest absolute Gasteiger partial charge is 0.303 e. The lowest BCUT2D eigenvalue weighted by atomic mass is 10.1. The van der Waals surface area contributed by atoms with E-state index in [1.807, 2.05) is 0 Å². The summed E-state index contributed by atoms with van der Waals surface area (Å²) in [7, 11) is 0. The van der Waals surface area contributed by atoms with E-state index in [0.29, 0.717) is 12.4 Å². The van der Waals surface area contributed by atoms with Gasteiger partial charge in [0, 0.05) is 12.5 Å². The van der Waals surface area contributed by atoms with Crippen molar-refractivity contribution in [2.75, 3.05) is 0 Å². The van der Waals surface area contributed by atoms with Gasteiger partial charge in [0.1, 0.15) is 11.8 Å². The Kier molecular flexibility index (Phi) is 4.19. The molecule has 0 aliphatic heterocycles. The molecule has 0 bridgehead atoms. The molecule has 0 N–H and O–H groups in total. The lowest BCUT2D eigenvalue weighted by molar-refractivity contribution is -0.388. The normalized spacial score (nSPS) is 11.7. The molecule has 0 aromatic heterocycles. The molecular formula is C11H8F3NO3. The highest BCUT2D eigenvalue weighted by molar-refractivity contribution is 5.60. The molecule has 0 spiro atoms. The predicted octanol–water partition coefficient (Wildman–Crippen LogP) is 3.22. The van der Waals surface area contributed by atoms with Crippen molar-refractivity contribution >= 4 is 18.0 Å². The van der Waals surface area contributed by atoms with Gasteiger partial charge in [0.15, 0.2) is 0 Å². The summed E-state index contributed by atoms with van der Waals surface area (Å²) in [5.41, 5.74) is -2.06. The first-order valence-corrected chi connectivity index (χ1v) is 4.82. The molecule has 0 unspecified atom stereocenters. The van der Waals surface area contributed by atoms with Crippen molar-refractivity contribution in [3.8, 4) is 0 Å². The number of nitro benzene ring substituents is 1. The Balaban J connectivity index is 3.20. The summed E-state index contributed by atoms with van der Waals surface area (Å²) in [6, 6.07) is 2.58. The molecule has 7 heteroatoms. The molecule has 0 fully saturated rings. The van der Waals surface area contributed by atoms with Crippen LogP contribution in [0.25, 0.3) is 6.08 Å². The van der Waals surface area contributed by atoms with Crippen LogP contribution in [0.15, 0.2) is 24.3 Å². The van der Waals surface area contributed by atoms with E-state index in [1.54, 1.807) is 0 Å². The third-order valence-corrected chi connectivity index (χ3v) is 2.07. The summed E-state index contributed by atoms with van der Waals surface area (Å²) in [5.74, 6) is 0. The molecule has 18 heavy (non-hydrogen) atoms. The molecule has 0 heterocycles. The number of carbonyl (C=O) groups is 1. The molecule has 0 aliphatic rings. The van der Waals surface area contributed by atoms with Crippen LogP contribution in [0.5, 0.6) is 0 Å². The minimum absolute atomic E-state index is 0.0921. The fourth-order valence-electron chi connectivity index (χ4n) is 1.30. The van der Waals surface area contributed by atoms with Crippen LogP contribution in [-0.4, -0.2) is 11.2 Å². The summed E-state index contributed by atoms with van der Waals surface area (Å²) >= 11 is 0. The zero-order chi connectivity index (χ0) is 13.8. The molecule has 1 aromatic carbocycles. The molecule has 0 saturated heterocycles. The number of hydrogen-bond acceptors (Lipinski definition) is 3. The van der Waals surface area contributed by atoms with Crippen LogP contribution in [-0.2, 0) is 11.0 Å². The minimum atomic E-state index is -4.77. The lowest BCUT2D eigenvalue weighted by Gasteiger charge is -2.07. The maximum atomic E-state index is 12.5. The monoisotopic (exact) mass is 259 g/mol. The fourth-order valence-corrected chi connectivity index (χ4v) is 1.30. The van der Waals surface area contributed by atoms with Crippen LogP contribution < -0.4 is 0 Å². The number of rotatable bonds is 4. The molecule has 96 valence electrons. The van der Waals surface area contributed by atoms with E-state index in [-0.39, 0.29) is 12.0 Å². The van der Waals surface area contributed by atoms with Crippen LogP contribution in [0.4, 0.5) is 18.9 Å². The van der Waals surface area contributed by atoms with Crippen LogP contribution in [0.2, 0.25) is 0 Å². The standard InChI is InChI=1S/C11H8F3NO3/c12-11(13,14)9-5-4-8(3-1-2-6-16)7-10(9)15(17)18/h1,3-7H,2H2. The van der Waals surface area contributed by atoms with Crippen molar-refractivity contribution in [1.29, 1.82) is 0 Å². The molecule has 0 radical (unpaired) electrons. The van der Waals surface area contributed by atoms with Crippen molar-refractivity contribution in [1.82, 2.24) is 0 Å². The second-order valence-electron chi connectivity index (χ2n) is 3.34. The van der Waals surface area contributed by atoms with E-state index in [2.05, 4.69) is 0 Å². The largest absolute Gasteiger partial charge is 0.422 e. The highest BCUT2D eigenvalue weighted by Crippen LogP contribution is 2.36. The van der Waals surface area contributed by atoms with Crippen molar-refractivity contribution in [2.45, 2.75) is 12.6 Å². The zero-order valence-corrected chi connectivity index (χ0v) is 8.98. The summed E-state index contributed by atoms with van der Waals surface area (Å²) in [5, 5.41) is 10.6. The number of nitro groups is 1. The van der Waals surface area contributed by atoms with E-state index < -0.39 is 22.4 Å². The van der Waals surface area contributed by atoms with Crippen LogP contribution >= 0.6 is 0 Å². The molecule has 4 nitrogen and oxygen atoms in total. The number of nitrogens with zero attached hydrogens (tertiary/aromatic N) is 1. The highest BCUT2D eigenvalue weighted by Gasteiger charge is 2.38. The van der Waals surface area contributed by atoms with Gasteiger partial charge in [-0.3, -0.25) is 10.1 Å². The summed E-state index contributed by atoms with van der Waals surface area (Å²) in [4.78, 5) is 19.5. The van der Waals surface area contributed by atoms with Gasteiger partial charge >= 0.3 is 6.18 Å². The quantitative estimate of drug-likeness (QED) is 0.474. The number of aldehydes is 1. The van der Waals surface area contributed by atoms with Gasteiger partial charge in [-0.25, -0.2) is 0 Å². The Morgan fingerprint density at radius 2 is 2.00 bits per heavy atom. The summed E-state index contributed by atoms with van der Waals surface area (Å²) in [6.07, 6.45) is -1.32. The van der Waals surface area contributed by atoms with Crippen LogP contribution in [0, 0.1) is 10.1 Å². The van der Waals surface area contributed by atoms with Crippen molar-refractivity contribution in [2.24, 2.45) is 0 Å². The average Bonchev–Trinajstić information content (AvgIpc) is 2.27. The van der Waals surface area contributed by atoms with Crippen LogP contribution in [0.3, 0.4) is 0 Å². The average molecular weight is 259 g/mol. The van der Waals surface area contributed by atoms with E-state index in [4.69, 9.17) is 0 Å². The second kappa shape index (κ2) is 5.44. The van der Waals surface area contributed by atoms with Gasteiger partial charge in [0.05, 0.1) is 4.92 Å². The topological polar surface area (TPSA) is 60.2 Å². The minimum Gasteiger partial charge on any atom is -0.303 e. The Labute approximate surface area is 99.9 Å². The molecule has 0 amide bonds. The first kappa shape index (κ1) is 13.9. The summed E-state index contributed by atoms with van der Waals surface area (Å²) < 4.78 is 37.4. The van der Waals surface area contributed by atoms with E-state index >= 15 is 0 Å². The maximum absolute atomic E-state index is 12.5. The van der Waals surface area contributed by atoms with Crippen molar-refractivity contribution in [3.05, 3.63) is 45.5 Å². The molecular weight excluding hydrogens is 251 g/mol. The fraction of sp³-hybridized carbons (Fsp3) is 0.182. The second-order valence-corrected chi connectivity index (χ2v) is 3.34. The van der Waals surface area contributed by atoms with E-state index in [1.165, 1.54) is 12.2 Å². The number of halogens is 3. The molecule has 1 rings (SSSR count). The predicted molar refractivity (Wildman–Crippen MR) is 57.8 cm³/mol. The first-order chi connectivity index (χ1) is 8.36. The number of alkyl halides is 3. The third-order valence-electron chi connectivity index (χ3n) is 2.07. The molecule has 0 saturated carbocycles. The Morgan fingerprint density at radius 1 is 1.33 bits per heavy atom. The summed E-state index contributed by atoms with van der Waals surface area (Å²) in [6.45, 7) is 0. The zero-order valence-electron chi connectivity index (χ0n) is 8.98. The van der Waals surface area contributed by atoms with Gasteiger partial charge in [-0.15, -0.1) is 0 Å². The van der Waals surface area contributed by atoms with E-state index in [0.717, 1.165) is 12.1 Å².